The average molecular weight is 273 g/mol. The minimum atomic E-state index is 1.05. The normalized spacial score (nSPS) is 13.8. The summed E-state index contributed by atoms with van der Waals surface area (Å²) >= 11 is 0. The van der Waals surface area contributed by atoms with Crippen molar-refractivity contribution in [2.24, 2.45) is 0 Å². The fraction of sp³-hybridized carbons (Fsp3) is 0.222. The van der Waals surface area contributed by atoms with E-state index in [4.69, 9.17) is 4.98 Å². The van der Waals surface area contributed by atoms with Gasteiger partial charge in [-0.25, -0.2) is 4.98 Å². The van der Waals surface area contributed by atoms with E-state index in [-0.39, 0.29) is 0 Å². The fourth-order valence-corrected chi connectivity index (χ4v) is 3.82. The van der Waals surface area contributed by atoms with Crippen molar-refractivity contribution in [3.05, 3.63) is 53.1 Å². The molecule has 0 saturated heterocycles. The molecule has 4 aromatic rings. The third-order valence-corrected chi connectivity index (χ3v) is 4.78. The Labute approximate surface area is 122 Å². The molecule has 102 valence electrons. The van der Waals surface area contributed by atoms with Crippen LogP contribution in [0.1, 0.15) is 22.6 Å². The van der Waals surface area contributed by atoms with Gasteiger partial charge in [0.15, 0.2) is 0 Å². The highest BCUT2D eigenvalue weighted by Crippen LogP contribution is 2.36. The van der Waals surface area contributed by atoms with Crippen molar-refractivity contribution >= 4 is 27.3 Å². The number of nitrogens with zero attached hydrogens (tertiary/aromatic N) is 3. The summed E-state index contributed by atoms with van der Waals surface area (Å²) in [5.74, 6) is 0. The van der Waals surface area contributed by atoms with Gasteiger partial charge in [-0.2, -0.15) is 0 Å². The Morgan fingerprint density at radius 3 is 2.67 bits per heavy atom. The van der Waals surface area contributed by atoms with Crippen LogP contribution in [0, 0.1) is 13.8 Å². The maximum Gasteiger partial charge on any atom is 0.145 e. The van der Waals surface area contributed by atoms with Crippen LogP contribution in [-0.2, 0) is 12.8 Å². The quantitative estimate of drug-likeness (QED) is 0.457. The van der Waals surface area contributed by atoms with Crippen molar-refractivity contribution in [1.82, 2.24) is 14.4 Å². The van der Waals surface area contributed by atoms with Crippen molar-refractivity contribution in [3.63, 3.8) is 0 Å². The van der Waals surface area contributed by atoms with Gasteiger partial charge in [-0.15, -0.1) is 0 Å². The summed E-state index contributed by atoms with van der Waals surface area (Å²) in [6, 6.07) is 8.57. The third-order valence-electron chi connectivity index (χ3n) is 4.78. The molecule has 1 aromatic carbocycles. The Kier molecular flexibility index (Phi) is 1.94. The van der Waals surface area contributed by atoms with E-state index in [0.717, 1.165) is 29.9 Å². The van der Waals surface area contributed by atoms with Crippen LogP contribution in [0.3, 0.4) is 0 Å². The van der Waals surface area contributed by atoms with E-state index in [1.807, 2.05) is 6.20 Å². The highest BCUT2D eigenvalue weighted by Gasteiger charge is 2.22. The summed E-state index contributed by atoms with van der Waals surface area (Å²) in [4.78, 5) is 9.51. The second-order valence-electron chi connectivity index (χ2n) is 5.94. The smallest absolute Gasteiger partial charge is 0.145 e. The Bertz CT molecular complexity index is 1060. The Balaban J connectivity index is 2.27. The molecule has 0 saturated carbocycles. The van der Waals surface area contributed by atoms with Crippen molar-refractivity contribution in [1.29, 1.82) is 0 Å². The second-order valence-corrected chi connectivity index (χ2v) is 5.94. The van der Waals surface area contributed by atoms with E-state index in [2.05, 4.69) is 47.5 Å². The van der Waals surface area contributed by atoms with Crippen LogP contribution in [0.25, 0.3) is 27.3 Å². The molecule has 0 N–H and O–H groups in total. The number of rotatable bonds is 0. The van der Waals surface area contributed by atoms with Gasteiger partial charge in [0.1, 0.15) is 5.65 Å². The summed E-state index contributed by atoms with van der Waals surface area (Å²) in [5.41, 5.74) is 7.38. The van der Waals surface area contributed by atoms with Crippen LogP contribution < -0.4 is 0 Å². The van der Waals surface area contributed by atoms with Gasteiger partial charge in [0.2, 0.25) is 0 Å². The van der Waals surface area contributed by atoms with Gasteiger partial charge in [0.25, 0.3) is 0 Å². The molecular weight excluding hydrogens is 258 g/mol. The maximum atomic E-state index is 4.87. The first kappa shape index (κ1) is 11.3. The molecule has 0 radical (unpaired) electrons. The lowest BCUT2D eigenvalue weighted by molar-refractivity contribution is 0.859. The van der Waals surface area contributed by atoms with Crippen LogP contribution >= 0.6 is 0 Å². The summed E-state index contributed by atoms with van der Waals surface area (Å²) in [6.45, 7) is 4.23. The average Bonchev–Trinajstić information content (AvgIpc) is 2.85. The van der Waals surface area contributed by atoms with E-state index >= 15 is 0 Å². The van der Waals surface area contributed by atoms with Crippen LogP contribution in [0.15, 0.2) is 30.5 Å². The molecule has 3 aromatic heterocycles. The molecule has 4 heterocycles. The highest BCUT2D eigenvalue weighted by atomic mass is 15.0. The van der Waals surface area contributed by atoms with Crippen LogP contribution in [0.5, 0.6) is 0 Å². The first-order valence-corrected chi connectivity index (χ1v) is 7.42. The van der Waals surface area contributed by atoms with Crippen LogP contribution in [0.4, 0.5) is 0 Å². The van der Waals surface area contributed by atoms with Gasteiger partial charge in [-0.05, 0) is 37.6 Å². The molecule has 3 heteroatoms. The number of imidazole rings is 1. The molecule has 0 atom stereocenters. The Morgan fingerprint density at radius 2 is 1.81 bits per heavy atom. The van der Waals surface area contributed by atoms with E-state index in [1.165, 1.54) is 32.9 Å². The lowest BCUT2D eigenvalue weighted by Gasteiger charge is -2.19. The predicted octanol–water partition coefficient (Wildman–Crippen LogP) is 3.75. The zero-order chi connectivity index (χ0) is 14.1. The second kappa shape index (κ2) is 3.61. The van der Waals surface area contributed by atoms with E-state index < -0.39 is 0 Å². The molecule has 5 rings (SSSR count). The van der Waals surface area contributed by atoms with E-state index in [1.54, 1.807) is 0 Å². The SMILES string of the molecule is Cc1nc2c3ccccc3c3c(C)ncc4c3n2c1CC4. The summed E-state index contributed by atoms with van der Waals surface area (Å²) in [5, 5.41) is 3.78. The number of aromatic nitrogens is 3. The molecular formula is C18H15N3. The first-order chi connectivity index (χ1) is 10.3. The van der Waals surface area contributed by atoms with Gasteiger partial charge in [-0.3, -0.25) is 9.38 Å². The molecule has 0 amide bonds. The lowest BCUT2D eigenvalue weighted by atomic mass is 9.97. The first-order valence-electron chi connectivity index (χ1n) is 7.42. The maximum absolute atomic E-state index is 4.87. The van der Waals surface area contributed by atoms with Crippen molar-refractivity contribution < 1.29 is 0 Å². The molecule has 0 spiro atoms. The zero-order valence-corrected chi connectivity index (χ0v) is 12.1. The minimum Gasteiger partial charge on any atom is -0.295 e. The number of benzene rings is 1. The van der Waals surface area contributed by atoms with Crippen LogP contribution in [-0.4, -0.2) is 14.4 Å². The van der Waals surface area contributed by atoms with Crippen molar-refractivity contribution in [3.8, 4) is 0 Å². The summed E-state index contributed by atoms with van der Waals surface area (Å²) in [6.07, 6.45) is 4.16. The number of aryl methyl sites for hydroxylation is 4. The fourth-order valence-electron chi connectivity index (χ4n) is 3.82. The van der Waals surface area contributed by atoms with Gasteiger partial charge in [0, 0.05) is 28.4 Å². The van der Waals surface area contributed by atoms with E-state index in [0.29, 0.717) is 0 Å². The number of hydrogen-bond acceptors (Lipinski definition) is 2. The van der Waals surface area contributed by atoms with Crippen molar-refractivity contribution in [2.75, 3.05) is 0 Å². The van der Waals surface area contributed by atoms with Crippen LogP contribution in [0.2, 0.25) is 0 Å². The molecule has 0 fully saturated rings. The molecule has 0 aliphatic carbocycles. The molecule has 3 nitrogen and oxygen atoms in total. The van der Waals surface area contributed by atoms with E-state index in [9.17, 15) is 0 Å². The van der Waals surface area contributed by atoms with Gasteiger partial charge in [-0.1, -0.05) is 24.3 Å². The molecule has 1 aliphatic heterocycles. The molecule has 21 heavy (non-hydrogen) atoms. The molecule has 0 bridgehead atoms. The topological polar surface area (TPSA) is 30.2 Å². The highest BCUT2D eigenvalue weighted by molar-refractivity contribution is 6.13. The Morgan fingerprint density at radius 1 is 1.00 bits per heavy atom. The lowest BCUT2D eigenvalue weighted by Crippen LogP contribution is -2.09. The monoisotopic (exact) mass is 273 g/mol. The van der Waals surface area contributed by atoms with Gasteiger partial charge >= 0.3 is 0 Å². The molecule has 0 unspecified atom stereocenters. The van der Waals surface area contributed by atoms with Crippen molar-refractivity contribution in [2.45, 2.75) is 26.7 Å². The Hall–Kier alpha value is -2.42. The minimum absolute atomic E-state index is 1.05. The number of fused-ring (bicyclic) bond motifs is 3. The number of pyridine rings is 2. The standard InChI is InChI=1S/C18H15N3/c1-10-15-8-7-12-9-19-11(2)16-13-5-3-4-6-14(13)18(20-10)21(15)17(12)16/h3-6,9H,7-8H2,1-2H3. The summed E-state index contributed by atoms with van der Waals surface area (Å²) < 4.78 is 2.38. The van der Waals surface area contributed by atoms with Gasteiger partial charge in [0.05, 0.1) is 11.2 Å². The van der Waals surface area contributed by atoms with Gasteiger partial charge < -0.3 is 0 Å². The molecule has 1 aliphatic rings. The zero-order valence-electron chi connectivity index (χ0n) is 12.1. The third kappa shape index (κ3) is 1.24. The largest absolute Gasteiger partial charge is 0.295 e. The number of hydrogen-bond donors (Lipinski definition) is 0. The predicted molar refractivity (Wildman–Crippen MR) is 84.9 cm³/mol. The summed E-state index contributed by atoms with van der Waals surface area (Å²) in [7, 11) is 0.